The van der Waals surface area contributed by atoms with Gasteiger partial charge in [-0.05, 0) is 49.5 Å². The molecule has 4 aliphatic carbocycles. The fourth-order valence-corrected chi connectivity index (χ4v) is 7.23. The average molecular weight is 348 g/mol. The third-order valence-electron chi connectivity index (χ3n) is 8.60. The number of ketones is 1. The standard InChI is InChI=1S/C20H28O5/c1-10-11-4-5-12-19(3)13(18(2,9-21)7-6-14(19)22)8-15(23)20(12,16(10)24)17(11)25/h9,11-15,17,22-23,25H,1,4-8H2,2-3H3. The van der Waals surface area contributed by atoms with Gasteiger partial charge in [-0.25, -0.2) is 0 Å². The van der Waals surface area contributed by atoms with Crippen molar-refractivity contribution in [2.75, 3.05) is 0 Å². The minimum atomic E-state index is -1.27. The number of aldehydes is 1. The van der Waals surface area contributed by atoms with E-state index in [1.54, 1.807) is 0 Å². The largest absolute Gasteiger partial charge is 0.393 e. The molecule has 0 amide bonds. The molecule has 9 atom stereocenters. The number of hydrogen-bond donors (Lipinski definition) is 3. The minimum absolute atomic E-state index is 0.211. The van der Waals surface area contributed by atoms with Crippen LogP contribution in [0, 0.1) is 34.0 Å². The zero-order valence-corrected chi connectivity index (χ0v) is 14.9. The highest BCUT2D eigenvalue weighted by molar-refractivity contribution is 6.04. The van der Waals surface area contributed by atoms with Crippen molar-refractivity contribution in [3.8, 4) is 0 Å². The van der Waals surface area contributed by atoms with Crippen LogP contribution in [-0.4, -0.2) is 45.7 Å². The van der Waals surface area contributed by atoms with E-state index in [4.69, 9.17) is 0 Å². The van der Waals surface area contributed by atoms with Gasteiger partial charge in [0.25, 0.3) is 0 Å². The van der Waals surface area contributed by atoms with Crippen LogP contribution in [0.5, 0.6) is 0 Å². The van der Waals surface area contributed by atoms with E-state index in [1.807, 2.05) is 13.8 Å². The molecule has 138 valence electrons. The van der Waals surface area contributed by atoms with E-state index >= 15 is 0 Å². The number of hydrogen-bond acceptors (Lipinski definition) is 5. The van der Waals surface area contributed by atoms with Crippen molar-refractivity contribution in [2.24, 2.45) is 34.0 Å². The van der Waals surface area contributed by atoms with Gasteiger partial charge in [-0.15, -0.1) is 0 Å². The molecule has 0 aliphatic heterocycles. The molecule has 0 aromatic carbocycles. The van der Waals surface area contributed by atoms with Gasteiger partial charge in [-0.2, -0.15) is 0 Å². The van der Waals surface area contributed by atoms with Crippen LogP contribution in [0.25, 0.3) is 0 Å². The lowest BCUT2D eigenvalue weighted by atomic mass is 9.39. The highest BCUT2D eigenvalue weighted by Gasteiger charge is 2.75. The summed E-state index contributed by atoms with van der Waals surface area (Å²) in [5, 5.41) is 33.0. The zero-order chi connectivity index (χ0) is 18.4. The van der Waals surface area contributed by atoms with Crippen molar-refractivity contribution in [3.05, 3.63) is 12.2 Å². The van der Waals surface area contributed by atoms with Gasteiger partial charge >= 0.3 is 0 Å². The highest BCUT2D eigenvalue weighted by atomic mass is 16.3. The predicted molar refractivity (Wildman–Crippen MR) is 90.4 cm³/mol. The summed E-state index contributed by atoms with van der Waals surface area (Å²) in [7, 11) is 0. The SMILES string of the molecule is C=C1C(=O)C23C(O)CC4C(C)(C=O)CCC(O)C4(C)C2CCC1C3O. The van der Waals surface area contributed by atoms with Crippen molar-refractivity contribution in [3.63, 3.8) is 0 Å². The van der Waals surface area contributed by atoms with Gasteiger partial charge in [0.05, 0.1) is 23.7 Å². The Balaban J connectivity index is 1.91. The number of fused-ring (bicyclic) bond motifs is 3. The summed E-state index contributed by atoms with van der Waals surface area (Å²) in [5.41, 5.74) is -2.16. The first-order valence-corrected chi connectivity index (χ1v) is 9.39. The molecule has 4 fully saturated rings. The second kappa shape index (κ2) is 5.02. The van der Waals surface area contributed by atoms with Crippen molar-refractivity contribution >= 4 is 12.1 Å². The first-order chi connectivity index (χ1) is 11.7. The molecule has 5 heteroatoms. The highest BCUT2D eigenvalue weighted by Crippen LogP contribution is 2.70. The van der Waals surface area contributed by atoms with Crippen molar-refractivity contribution in [1.82, 2.24) is 0 Å². The van der Waals surface area contributed by atoms with E-state index in [2.05, 4.69) is 6.58 Å². The summed E-state index contributed by atoms with van der Waals surface area (Å²) in [4.78, 5) is 25.0. The monoisotopic (exact) mass is 348 g/mol. The predicted octanol–water partition coefficient (Wildman–Crippen LogP) is 1.25. The zero-order valence-electron chi connectivity index (χ0n) is 14.9. The van der Waals surface area contributed by atoms with E-state index in [0.29, 0.717) is 31.3 Å². The molecule has 0 aromatic rings. The maximum absolute atomic E-state index is 13.1. The van der Waals surface area contributed by atoms with Crippen LogP contribution in [-0.2, 0) is 9.59 Å². The van der Waals surface area contributed by atoms with E-state index < -0.39 is 34.6 Å². The van der Waals surface area contributed by atoms with Crippen LogP contribution in [0.3, 0.4) is 0 Å². The molecule has 2 bridgehead atoms. The fraction of sp³-hybridized carbons (Fsp3) is 0.800. The van der Waals surface area contributed by atoms with Gasteiger partial charge in [0.1, 0.15) is 6.29 Å². The van der Waals surface area contributed by atoms with E-state index in [0.717, 1.165) is 6.29 Å². The van der Waals surface area contributed by atoms with Crippen molar-refractivity contribution < 1.29 is 24.9 Å². The Morgan fingerprint density at radius 3 is 2.40 bits per heavy atom. The van der Waals surface area contributed by atoms with E-state index in [-0.39, 0.29) is 30.0 Å². The van der Waals surface area contributed by atoms with Gasteiger partial charge in [0.2, 0.25) is 0 Å². The smallest absolute Gasteiger partial charge is 0.170 e. The Bertz CT molecular complexity index is 658. The number of carbonyl (C=O) groups is 2. The Labute approximate surface area is 148 Å². The lowest BCUT2D eigenvalue weighted by Crippen LogP contribution is -2.70. The van der Waals surface area contributed by atoms with Gasteiger partial charge in [-0.1, -0.05) is 20.4 Å². The van der Waals surface area contributed by atoms with Crippen LogP contribution in [0.1, 0.15) is 46.0 Å². The number of rotatable bonds is 1. The van der Waals surface area contributed by atoms with Crippen LogP contribution in [0.15, 0.2) is 12.2 Å². The third kappa shape index (κ3) is 1.70. The summed E-state index contributed by atoms with van der Waals surface area (Å²) in [6.07, 6.45) is 0.980. The molecule has 4 saturated carbocycles. The molecule has 1 spiro atoms. The molecule has 4 rings (SSSR count). The topological polar surface area (TPSA) is 94.8 Å². The molecule has 0 saturated heterocycles. The van der Waals surface area contributed by atoms with Crippen LogP contribution >= 0.6 is 0 Å². The number of aliphatic hydroxyl groups excluding tert-OH is 3. The molecule has 5 nitrogen and oxygen atoms in total. The van der Waals surface area contributed by atoms with Crippen LogP contribution in [0.4, 0.5) is 0 Å². The summed E-state index contributed by atoms with van der Waals surface area (Å²) < 4.78 is 0. The summed E-state index contributed by atoms with van der Waals surface area (Å²) in [6, 6.07) is 0. The lowest BCUT2D eigenvalue weighted by Gasteiger charge is -2.65. The molecular weight excluding hydrogens is 320 g/mol. The minimum Gasteiger partial charge on any atom is -0.393 e. The summed E-state index contributed by atoms with van der Waals surface area (Å²) >= 11 is 0. The molecule has 0 heterocycles. The molecule has 0 radical (unpaired) electrons. The number of Topliss-reactive ketones (excluding diaryl/α,β-unsaturated/α-hetero) is 1. The second-order valence-electron chi connectivity index (χ2n) is 9.32. The molecular formula is C20H28O5. The lowest BCUT2D eigenvalue weighted by molar-refractivity contribution is -0.249. The van der Waals surface area contributed by atoms with Crippen molar-refractivity contribution in [2.45, 2.75) is 64.3 Å². The van der Waals surface area contributed by atoms with Gasteiger partial charge in [0, 0.05) is 16.7 Å². The van der Waals surface area contributed by atoms with Crippen molar-refractivity contribution in [1.29, 1.82) is 0 Å². The molecule has 4 aliphatic rings. The molecule has 9 unspecified atom stereocenters. The summed E-state index contributed by atoms with van der Waals surface area (Å²) in [5.74, 6) is -1.08. The van der Waals surface area contributed by atoms with E-state index in [1.165, 1.54) is 0 Å². The van der Waals surface area contributed by atoms with Crippen LogP contribution in [0.2, 0.25) is 0 Å². The second-order valence-corrected chi connectivity index (χ2v) is 9.32. The fourth-order valence-electron chi connectivity index (χ4n) is 7.23. The normalized spacial score (nSPS) is 57.8. The van der Waals surface area contributed by atoms with Gasteiger partial charge < -0.3 is 20.1 Å². The Morgan fingerprint density at radius 1 is 1.08 bits per heavy atom. The molecule has 0 aromatic heterocycles. The molecule has 25 heavy (non-hydrogen) atoms. The van der Waals surface area contributed by atoms with Gasteiger partial charge in [-0.3, -0.25) is 4.79 Å². The van der Waals surface area contributed by atoms with E-state index in [9.17, 15) is 24.9 Å². The molecule has 3 N–H and O–H groups in total. The number of aliphatic hydroxyl groups is 3. The Kier molecular flexibility index (Phi) is 3.49. The number of carbonyl (C=O) groups excluding carboxylic acids is 2. The summed E-state index contributed by atoms with van der Waals surface area (Å²) in [6.45, 7) is 7.76. The Hall–Kier alpha value is -1.04. The average Bonchev–Trinajstić information content (AvgIpc) is 2.70. The first kappa shape index (κ1) is 17.4. The maximum atomic E-state index is 13.1. The maximum Gasteiger partial charge on any atom is 0.170 e. The van der Waals surface area contributed by atoms with Gasteiger partial charge in [0.15, 0.2) is 5.78 Å². The van der Waals surface area contributed by atoms with Crippen LogP contribution < -0.4 is 0 Å². The Morgan fingerprint density at radius 2 is 1.76 bits per heavy atom. The first-order valence-electron chi connectivity index (χ1n) is 9.39. The third-order valence-corrected chi connectivity index (χ3v) is 8.60. The quantitative estimate of drug-likeness (QED) is 0.490.